The van der Waals surface area contributed by atoms with Crippen LogP contribution in [-0.2, 0) is 9.53 Å². The second-order valence-corrected chi connectivity index (χ2v) is 7.59. The van der Waals surface area contributed by atoms with E-state index in [4.69, 9.17) is 4.74 Å². The van der Waals surface area contributed by atoms with Gasteiger partial charge in [-0.1, -0.05) is 6.42 Å². The third kappa shape index (κ3) is 2.44. The van der Waals surface area contributed by atoms with Gasteiger partial charge in [0, 0.05) is 12.0 Å². The zero-order valence-electron chi connectivity index (χ0n) is 13.9. The van der Waals surface area contributed by atoms with Crippen LogP contribution in [0, 0.1) is 17.6 Å². The molecule has 0 spiro atoms. The van der Waals surface area contributed by atoms with E-state index in [9.17, 15) is 23.5 Å². The first-order valence-corrected chi connectivity index (χ1v) is 8.05. The number of hydrogen-bond acceptors (Lipinski definition) is 4. The van der Waals surface area contributed by atoms with Crippen molar-refractivity contribution in [3.8, 4) is 0 Å². The maximum Gasteiger partial charge on any atom is 0.347 e. The van der Waals surface area contributed by atoms with E-state index in [2.05, 4.69) is 0 Å². The fourth-order valence-electron chi connectivity index (χ4n) is 3.92. The van der Waals surface area contributed by atoms with Crippen molar-refractivity contribution in [2.24, 2.45) is 5.92 Å². The molecule has 1 saturated carbocycles. The van der Waals surface area contributed by atoms with Gasteiger partial charge in [0.15, 0.2) is 0 Å². The van der Waals surface area contributed by atoms with Crippen molar-refractivity contribution in [2.45, 2.75) is 57.2 Å². The molecule has 0 unspecified atom stereocenters. The Bertz CT molecular complexity index is 722. The number of ketones is 1. The van der Waals surface area contributed by atoms with E-state index in [0.717, 1.165) is 6.07 Å². The molecule has 0 heterocycles. The molecule has 2 aliphatic rings. The van der Waals surface area contributed by atoms with Gasteiger partial charge in [0.25, 0.3) is 0 Å². The highest BCUT2D eigenvalue weighted by atomic mass is 19.1. The van der Waals surface area contributed by atoms with E-state index in [1.165, 1.54) is 0 Å². The third-order valence-corrected chi connectivity index (χ3v) is 4.82. The highest BCUT2D eigenvalue weighted by molar-refractivity contribution is 6.17. The van der Waals surface area contributed by atoms with E-state index >= 15 is 0 Å². The second-order valence-electron chi connectivity index (χ2n) is 7.59. The van der Waals surface area contributed by atoms with Crippen LogP contribution in [0.25, 0.3) is 0 Å². The van der Waals surface area contributed by atoms with Crippen LogP contribution >= 0.6 is 0 Å². The molecule has 3 rings (SSSR count). The van der Waals surface area contributed by atoms with Crippen LogP contribution in [0.3, 0.4) is 0 Å². The molecule has 2 aliphatic carbocycles. The van der Waals surface area contributed by atoms with Gasteiger partial charge >= 0.3 is 5.97 Å². The number of ether oxygens (including phenoxy) is 1. The lowest BCUT2D eigenvalue weighted by Crippen LogP contribution is -2.58. The number of Topliss-reactive ketones (excluding diaryl/α,β-unsaturated/α-hetero) is 1. The van der Waals surface area contributed by atoms with Gasteiger partial charge in [-0.3, -0.25) is 4.79 Å². The summed E-state index contributed by atoms with van der Waals surface area (Å²) < 4.78 is 33.1. The van der Waals surface area contributed by atoms with Crippen molar-refractivity contribution in [3.63, 3.8) is 0 Å². The zero-order chi connectivity index (χ0) is 17.9. The van der Waals surface area contributed by atoms with Crippen LogP contribution in [0.4, 0.5) is 8.78 Å². The largest absolute Gasteiger partial charge is 0.457 e. The Morgan fingerprint density at radius 2 is 1.96 bits per heavy atom. The van der Waals surface area contributed by atoms with Gasteiger partial charge in [-0.05, 0) is 51.2 Å². The van der Waals surface area contributed by atoms with Crippen LogP contribution in [0.1, 0.15) is 61.9 Å². The summed E-state index contributed by atoms with van der Waals surface area (Å²) in [7, 11) is 0. The summed E-state index contributed by atoms with van der Waals surface area (Å²) in [6.07, 6.45) is 1.63. The standard InChI is InChI=1S/C18H20F2O4/c1-17(2,3)24-16(22)18(23)12-6-4-5-10(12)11-7-9(19)8-13(20)14(11)15(18)21/h7-8,10,12,23H,4-6H2,1-3H3/t10-,12-,18+/m1/s1. The number of benzene rings is 1. The number of fused-ring (bicyclic) bond motifs is 3. The molecule has 0 aliphatic heterocycles. The Kier molecular flexibility index (Phi) is 3.79. The van der Waals surface area contributed by atoms with E-state index in [1.54, 1.807) is 20.8 Å². The van der Waals surface area contributed by atoms with E-state index < -0.39 is 52.0 Å². The summed E-state index contributed by atoms with van der Waals surface area (Å²) in [5.41, 5.74) is -3.48. The Labute approximate surface area is 138 Å². The number of carbonyl (C=O) groups excluding carboxylic acids is 2. The molecular formula is C18H20F2O4. The van der Waals surface area contributed by atoms with Gasteiger partial charge in [-0.25, -0.2) is 13.6 Å². The lowest BCUT2D eigenvalue weighted by atomic mass is 9.66. The number of carbonyl (C=O) groups is 2. The van der Waals surface area contributed by atoms with Crippen LogP contribution in [-0.4, -0.2) is 28.1 Å². The van der Waals surface area contributed by atoms with Gasteiger partial charge in [0.05, 0.1) is 5.56 Å². The van der Waals surface area contributed by atoms with Crippen LogP contribution in [0.5, 0.6) is 0 Å². The number of rotatable bonds is 1. The second kappa shape index (κ2) is 5.34. The maximum absolute atomic E-state index is 14.3. The fraction of sp³-hybridized carbons (Fsp3) is 0.556. The average Bonchev–Trinajstić information content (AvgIpc) is 2.92. The quantitative estimate of drug-likeness (QED) is 0.631. The first-order valence-electron chi connectivity index (χ1n) is 8.05. The van der Waals surface area contributed by atoms with Gasteiger partial charge in [-0.2, -0.15) is 0 Å². The predicted molar refractivity (Wildman–Crippen MR) is 81.6 cm³/mol. The number of esters is 1. The lowest BCUT2D eigenvalue weighted by molar-refractivity contribution is -0.177. The van der Waals surface area contributed by atoms with Crippen LogP contribution < -0.4 is 0 Å². The minimum Gasteiger partial charge on any atom is -0.457 e. The van der Waals surface area contributed by atoms with Gasteiger partial charge in [-0.15, -0.1) is 0 Å². The topological polar surface area (TPSA) is 63.6 Å². The van der Waals surface area contributed by atoms with Crippen molar-refractivity contribution in [1.82, 2.24) is 0 Å². The molecule has 0 saturated heterocycles. The van der Waals surface area contributed by atoms with Gasteiger partial charge in [0.1, 0.15) is 17.2 Å². The smallest absolute Gasteiger partial charge is 0.347 e. The normalized spacial score (nSPS) is 29.2. The van der Waals surface area contributed by atoms with Crippen molar-refractivity contribution < 1.29 is 28.2 Å². The summed E-state index contributed by atoms with van der Waals surface area (Å²) in [4.78, 5) is 25.4. The van der Waals surface area contributed by atoms with E-state index in [0.29, 0.717) is 25.3 Å². The molecule has 4 nitrogen and oxygen atoms in total. The minimum absolute atomic E-state index is 0.244. The van der Waals surface area contributed by atoms with Crippen molar-refractivity contribution in [3.05, 3.63) is 34.9 Å². The molecule has 1 aromatic carbocycles. The van der Waals surface area contributed by atoms with Crippen LogP contribution in [0.2, 0.25) is 0 Å². The molecule has 6 heteroatoms. The van der Waals surface area contributed by atoms with E-state index in [-0.39, 0.29) is 5.56 Å². The molecule has 0 radical (unpaired) electrons. The summed E-state index contributed by atoms with van der Waals surface area (Å²) in [5.74, 6) is -5.10. The monoisotopic (exact) mass is 338 g/mol. The molecule has 1 N–H and O–H groups in total. The summed E-state index contributed by atoms with van der Waals surface area (Å²) in [5, 5.41) is 11.0. The molecular weight excluding hydrogens is 318 g/mol. The Morgan fingerprint density at radius 1 is 1.29 bits per heavy atom. The maximum atomic E-state index is 14.3. The highest BCUT2D eigenvalue weighted by Crippen LogP contribution is 2.52. The minimum atomic E-state index is -2.43. The van der Waals surface area contributed by atoms with Crippen LogP contribution in [0.15, 0.2) is 12.1 Å². The molecule has 1 fully saturated rings. The van der Waals surface area contributed by atoms with Crippen molar-refractivity contribution in [1.29, 1.82) is 0 Å². The summed E-state index contributed by atoms with van der Waals surface area (Å²) >= 11 is 0. The van der Waals surface area contributed by atoms with Gasteiger partial charge in [0.2, 0.25) is 11.4 Å². The molecule has 24 heavy (non-hydrogen) atoms. The molecule has 0 aromatic heterocycles. The van der Waals surface area contributed by atoms with Crippen molar-refractivity contribution >= 4 is 11.8 Å². The number of hydrogen-bond donors (Lipinski definition) is 1. The Hall–Kier alpha value is -1.82. The molecule has 0 bridgehead atoms. The summed E-state index contributed by atoms with van der Waals surface area (Å²) in [6.45, 7) is 4.87. The molecule has 130 valence electrons. The number of halogens is 2. The first kappa shape index (κ1) is 17.0. The SMILES string of the molecule is CC(C)(C)OC(=O)[C@@]1(O)C(=O)c2c(F)cc(F)cc2[C@H]2CCC[C@H]21. The van der Waals surface area contributed by atoms with E-state index in [1.807, 2.05) is 0 Å². The zero-order valence-corrected chi connectivity index (χ0v) is 13.9. The molecule has 0 amide bonds. The fourth-order valence-corrected chi connectivity index (χ4v) is 3.92. The molecule has 3 atom stereocenters. The lowest BCUT2D eigenvalue weighted by Gasteiger charge is -2.40. The Morgan fingerprint density at radius 3 is 2.58 bits per heavy atom. The summed E-state index contributed by atoms with van der Waals surface area (Å²) in [6, 6.07) is 1.73. The number of aliphatic hydroxyl groups is 1. The Balaban J connectivity index is 2.15. The first-order chi connectivity index (χ1) is 11.1. The van der Waals surface area contributed by atoms with Gasteiger partial charge < -0.3 is 9.84 Å². The third-order valence-electron chi connectivity index (χ3n) is 4.82. The average molecular weight is 338 g/mol. The molecule has 1 aromatic rings. The van der Waals surface area contributed by atoms with Crippen molar-refractivity contribution in [2.75, 3.05) is 0 Å². The predicted octanol–water partition coefficient (Wildman–Crippen LogP) is 3.12. The highest BCUT2D eigenvalue weighted by Gasteiger charge is 2.61.